The average Bonchev–Trinajstić information content (AvgIpc) is 3.80. The molecule has 1 N–H and O–H groups in total. The zero-order chi connectivity index (χ0) is 36.6. The predicted molar refractivity (Wildman–Crippen MR) is 234 cm³/mol. The Morgan fingerprint density at radius 1 is 0.589 bits per heavy atom. The van der Waals surface area contributed by atoms with Crippen LogP contribution in [0.1, 0.15) is 55.7 Å². The van der Waals surface area contributed by atoms with Gasteiger partial charge in [0.25, 0.3) is 0 Å². The second-order valence-corrected chi connectivity index (χ2v) is 15.0. The summed E-state index contributed by atoms with van der Waals surface area (Å²) in [5, 5.41) is 16.9. The summed E-state index contributed by atoms with van der Waals surface area (Å²) >= 11 is 0. The molecule has 2 aliphatic rings. The Balaban J connectivity index is 0.000000166. The lowest BCUT2D eigenvalue weighted by molar-refractivity contribution is 0.221. The minimum absolute atomic E-state index is 0. The molecule has 4 aromatic heterocycles. The van der Waals surface area contributed by atoms with Gasteiger partial charge < -0.3 is 10.2 Å². The van der Waals surface area contributed by atoms with Gasteiger partial charge in [0.15, 0.2) is 5.82 Å². The first kappa shape index (κ1) is 39.3. The van der Waals surface area contributed by atoms with Gasteiger partial charge >= 0.3 is 0 Å². The molecule has 8 aromatic rings. The average molecular weight is 787 g/mol. The summed E-state index contributed by atoms with van der Waals surface area (Å²) in [4.78, 5) is 17.0. The van der Waals surface area contributed by atoms with Crippen molar-refractivity contribution in [2.24, 2.45) is 14.1 Å². The third kappa shape index (κ3) is 8.27. The first-order chi connectivity index (χ1) is 26.5. The quantitative estimate of drug-likeness (QED) is 0.186. The molecule has 2 aliphatic heterocycles. The smallest absolute Gasteiger partial charge is 0.159 e. The van der Waals surface area contributed by atoms with Gasteiger partial charge in [0.1, 0.15) is 0 Å². The highest BCUT2D eigenvalue weighted by atomic mass is 35.5. The highest BCUT2D eigenvalue weighted by Crippen LogP contribution is 2.32. The molecule has 6 heterocycles. The summed E-state index contributed by atoms with van der Waals surface area (Å²) in [6.07, 6.45) is 10.9. The second kappa shape index (κ2) is 17.1. The third-order valence-corrected chi connectivity index (χ3v) is 11.4. The van der Waals surface area contributed by atoms with Crippen LogP contribution in [0.2, 0.25) is 0 Å². The van der Waals surface area contributed by atoms with Crippen molar-refractivity contribution in [1.29, 1.82) is 0 Å². The maximum atomic E-state index is 5.01. The number of pyridine rings is 1. The normalized spacial score (nSPS) is 15.4. The molecule has 10 rings (SSSR count). The number of halogens is 2. The van der Waals surface area contributed by atoms with Crippen LogP contribution in [0.4, 0.5) is 0 Å². The van der Waals surface area contributed by atoms with E-state index in [9.17, 15) is 0 Å². The highest BCUT2D eigenvalue weighted by molar-refractivity contribution is 5.89. The molecule has 9 nitrogen and oxygen atoms in total. The van der Waals surface area contributed by atoms with Crippen molar-refractivity contribution in [1.82, 2.24) is 44.7 Å². The van der Waals surface area contributed by atoms with E-state index in [1.165, 1.54) is 71.9 Å². The molecule has 2 saturated heterocycles. The third-order valence-electron chi connectivity index (χ3n) is 11.4. The molecule has 0 atom stereocenters. The largest absolute Gasteiger partial charge is 0.317 e. The monoisotopic (exact) mass is 785 g/mol. The van der Waals surface area contributed by atoms with Crippen LogP contribution in [-0.2, 0) is 14.1 Å². The first-order valence-electron chi connectivity index (χ1n) is 19.4. The Bertz CT molecular complexity index is 2600. The molecule has 0 amide bonds. The molecule has 288 valence electrons. The van der Waals surface area contributed by atoms with E-state index in [0.717, 1.165) is 63.9 Å². The van der Waals surface area contributed by atoms with Crippen molar-refractivity contribution in [3.63, 3.8) is 0 Å². The second-order valence-electron chi connectivity index (χ2n) is 15.0. The van der Waals surface area contributed by atoms with E-state index in [2.05, 4.69) is 111 Å². The molecule has 0 radical (unpaired) electrons. The zero-order valence-corrected chi connectivity index (χ0v) is 33.9. The SMILES string of the molecule is CCN1CCC(c2ccc3cc(-c4ccc5nn(C)cc5c4)ccc3n2)CC1.Cl.Cl.Cn1cc2cc(-c3ncc4cc(C5CCNCC5)ccc4n3)ccc2n1. The predicted octanol–water partition coefficient (Wildman–Crippen LogP) is 9.48. The number of benzene rings is 4. The van der Waals surface area contributed by atoms with E-state index in [4.69, 9.17) is 9.97 Å². The van der Waals surface area contributed by atoms with Gasteiger partial charge in [-0.05, 0) is 142 Å². The molecule has 0 aliphatic carbocycles. The Morgan fingerprint density at radius 3 is 1.86 bits per heavy atom. The lowest BCUT2D eigenvalue weighted by atomic mass is 9.89. The van der Waals surface area contributed by atoms with Crippen LogP contribution in [-0.4, -0.2) is 72.1 Å². The summed E-state index contributed by atoms with van der Waals surface area (Å²) in [6, 6.07) is 30.4. The molecule has 0 spiro atoms. The van der Waals surface area contributed by atoms with Gasteiger partial charge in [-0.15, -0.1) is 24.8 Å². The molecule has 11 heteroatoms. The van der Waals surface area contributed by atoms with E-state index < -0.39 is 0 Å². The van der Waals surface area contributed by atoms with Gasteiger partial charge in [0.2, 0.25) is 0 Å². The van der Waals surface area contributed by atoms with Gasteiger partial charge in [-0.2, -0.15) is 10.2 Å². The Hall–Kier alpha value is -4.93. The highest BCUT2D eigenvalue weighted by Gasteiger charge is 2.21. The number of nitrogens with one attached hydrogen (secondary N) is 1. The van der Waals surface area contributed by atoms with Crippen LogP contribution in [0.25, 0.3) is 66.1 Å². The summed E-state index contributed by atoms with van der Waals surface area (Å²) in [5.41, 5.74) is 10.3. The number of aryl methyl sites for hydroxylation is 2. The number of piperidine rings is 2. The van der Waals surface area contributed by atoms with Crippen LogP contribution in [0.3, 0.4) is 0 Å². The van der Waals surface area contributed by atoms with Crippen LogP contribution in [0.5, 0.6) is 0 Å². The number of rotatable bonds is 5. The van der Waals surface area contributed by atoms with Gasteiger partial charge in [-0.25, -0.2) is 9.97 Å². The molecule has 0 unspecified atom stereocenters. The Labute approximate surface area is 340 Å². The lowest BCUT2D eigenvalue weighted by Crippen LogP contribution is -2.32. The van der Waals surface area contributed by atoms with E-state index in [1.807, 2.05) is 48.0 Å². The zero-order valence-electron chi connectivity index (χ0n) is 32.2. The van der Waals surface area contributed by atoms with Crippen molar-refractivity contribution in [3.05, 3.63) is 115 Å². The first-order valence-corrected chi connectivity index (χ1v) is 19.4. The van der Waals surface area contributed by atoms with Gasteiger partial charge in [0.05, 0.1) is 22.1 Å². The van der Waals surface area contributed by atoms with E-state index in [1.54, 1.807) is 0 Å². The topological polar surface area (TPSA) is 89.6 Å². The van der Waals surface area contributed by atoms with Gasteiger partial charge in [0, 0.05) is 71.4 Å². The minimum atomic E-state index is 0. The van der Waals surface area contributed by atoms with Crippen LogP contribution < -0.4 is 5.32 Å². The molecular formula is C45H49Cl2N9. The minimum Gasteiger partial charge on any atom is -0.317 e. The Kier molecular flexibility index (Phi) is 12.0. The number of fused-ring (bicyclic) bond motifs is 4. The van der Waals surface area contributed by atoms with Crippen molar-refractivity contribution in [3.8, 4) is 22.5 Å². The number of nitrogens with zero attached hydrogens (tertiary/aromatic N) is 8. The standard InChI is InChI=1S/C24H26N4.C21H21N5.2ClH/c1-3-28-12-10-17(11-13-28)22-8-6-20-14-18(4-7-23(20)25-22)19-5-9-24-21(15-19)16-27(2)26-24;1-26-13-18-11-16(3-5-20(18)25-26)21-23-12-17-10-15(2-4-19(17)24-21)14-6-8-22-9-7-14;;/h4-9,14-17H,3,10-13H2,1-2H3;2-5,10-14,22H,6-9H2,1H3;2*1H. The van der Waals surface area contributed by atoms with Crippen LogP contribution in [0, 0.1) is 0 Å². The van der Waals surface area contributed by atoms with Gasteiger partial charge in [-0.3, -0.25) is 14.3 Å². The van der Waals surface area contributed by atoms with E-state index in [0.29, 0.717) is 11.8 Å². The maximum Gasteiger partial charge on any atom is 0.159 e. The number of likely N-dealkylation sites (tertiary alicyclic amines) is 1. The fourth-order valence-electron chi connectivity index (χ4n) is 8.31. The van der Waals surface area contributed by atoms with E-state index in [-0.39, 0.29) is 24.8 Å². The van der Waals surface area contributed by atoms with Crippen molar-refractivity contribution < 1.29 is 0 Å². The summed E-state index contributed by atoms with van der Waals surface area (Å²) in [7, 11) is 3.90. The number of hydrogen-bond acceptors (Lipinski definition) is 7. The number of aromatic nitrogens is 7. The molecule has 2 fully saturated rings. The molecule has 0 saturated carbocycles. The van der Waals surface area contributed by atoms with Gasteiger partial charge in [-0.1, -0.05) is 31.2 Å². The Morgan fingerprint density at radius 2 is 1.18 bits per heavy atom. The maximum absolute atomic E-state index is 5.01. The summed E-state index contributed by atoms with van der Waals surface area (Å²) in [5.74, 6) is 2.01. The van der Waals surface area contributed by atoms with Crippen LogP contribution in [0.15, 0.2) is 104 Å². The summed E-state index contributed by atoms with van der Waals surface area (Å²) in [6.45, 7) is 8.00. The van der Waals surface area contributed by atoms with Crippen molar-refractivity contribution in [2.75, 3.05) is 32.7 Å². The lowest BCUT2D eigenvalue weighted by Gasteiger charge is -2.30. The molecule has 4 aromatic carbocycles. The van der Waals surface area contributed by atoms with E-state index >= 15 is 0 Å². The molecular weight excluding hydrogens is 737 g/mol. The fraction of sp³-hybridized carbons (Fsp3) is 0.311. The summed E-state index contributed by atoms with van der Waals surface area (Å²) < 4.78 is 3.70. The number of hydrogen-bond donors (Lipinski definition) is 1. The molecule has 0 bridgehead atoms. The van der Waals surface area contributed by atoms with Crippen molar-refractivity contribution >= 4 is 68.4 Å². The van der Waals surface area contributed by atoms with Crippen molar-refractivity contribution in [2.45, 2.75) is 44.4 Å². The van der Waals surface area contributed by atoms with Crippen LogP contribution >= 0.6 is 24.8 Å². The fourth-order valence-corrected chi connectivity index (χ4v) is 8.31. The molecule has 56 heavy (non-hydrogen) atoms.